The molecule has 2 aromatic rings. The van der Waals surface area contributed by atoms with E-state index in [0.29, 0.717) is 18.7 Å². The first-order valence-corrected chi connectivity index (χ1v) is 9.19. The Labute approximate surface area is 161 Å². The molecule has 0 radical (unpaired) electrons. The summed E-state index contributed by atoms with van der Waals surface area (Å²) in [7, 11) is 1.98. The van der Waals surface area contributed by atoms with E-state index in [2.05, 4.69) is 36.3 Å². The van der Waals surface area contributed by atoms with Gasteiger partial charge < -0.3 is 15.5 Å². The summed E-state index contributed by atoms with van der Waals surface area (Å²) in [5.74, 6) is -0.442. The van der Waals surface area contributed by atoms with E-state index in [1.807, 2.05) is 49.5 Å². The van der Waals surface area contributed by atoms with E-state index in [1.54, 1.807) is 12.1 Å². The third kappa shape index (κ3) is 6.44. The standard InChI is InChI=1S/C22H29N3O2/c1-22(2,3)18-12-10-17(11-13-18)21(27)24-16-20(26)23-14-15-25(4)19-8-6-5-7-9-19/h5-13H,14-16H2,1-4H3,(H,23,26)(H,24,27). The summed E-state index contributed by atoms with van der Waals surface area (Å²) in [6.07, 6.45) is 0. The van der Waals surface area contributed by atoms with Gasteiger partial charge in [0.25, 0.3) is 5.91 Å². The van der Waals surface area contributed by atoms with E-state index in [-0.39, 0.29) is 23.8 Å². The van der Waals surface area contributed by atoms with Crippen LogP contribution in [0, 0.1) is 0 Å². The monoisotopic (exact) mass is 367 g/mol. The normalized spacial score (nSPS) is 11.0. The largest absolute Gasteiger partial charge is 0.373 e. The number of amides is 2. The highest BCUT2D eigenvalue weighted by Crippen LogP contribution is 2.22. The van der Waals surface area contributed by atoms with E-state index < -0.39 is 0 Å². The number of nitrogens with zero attached hydrogens (tertiary/aromatic N) is 1. The zero-order valence-corrected chi connectivity index (χ0v) is 16.6. The molecule has 2 N–H and O–H groups in total. The van der Waals surface area contributed by atoms with Gasteiger partial charge in [-0.25, -0.2) is 0 Å². The third-order valence-electron chi connectivity index (χ3n) is 4.39. The van der Waals surface area contributed by atoms with Gasteiger partial charge in [-0.05, 0) is 35.2 Å². The van der Waals surface area contributed by atoms with Gasteiger partial charge in [-0.1, -0.05) is 51.1 Å². The zero-order valence-electron chi connectivity index (χ0n) is 16.6. The number of rotatable bonds is 7. The molecule has 5 heteroatoms. The average molecular weight is 367 g/mol. The van der Waals surface area contributed by atoms with E-state index in [1.165, 1.54) is 5.56 Å². The van der Waals surface area contributed by atoms with Crippen molar-refractivity contribution in [1.29, 1.82) is 0 Å². The lowest BCUT2D eigenvalue weighted by Gasteiger charge is -2.19. The molecule has 27 heavy (non-hydrogen) atoms. The molecule has 0 fully saturated rings. The van der Waals surface area contributed by atoms with Crippen LogP contribution in [0.3, 0.4) is 0 Å². The predicted molar refractivity (Wildman–Crippen MR) is 110 cm³/mol. The van der Waals surface area contributed by atoms with Crippen molar-refractivity contribution in [1.82, 2.24) is 10.6 Å². The summed E-state index contributed by atoms with van der Waals surface area (Å²) >= 11 is 0. The Bertz CT molecular complexity index is 749. The van der Waals surface area contributed by atoms with Crippen molar-refractivity contribution in [3.63, 3.8) is 0 Å². The van der Waals surface area contributed by atoms with Gasteiger partial charge in [-0.2, -0.15) is 0 Å². The van der Waals surface area contributed by atoms with Crippen molar-refractivity contribution < 1.29 is 9.59 Å². The Balaban J connectivity index is 1.72. The van der Waals surface area contributed by atoms with E-state index in [4.69, 9.17) is 0 Å². The number of likely N-dealkylation sites (N-methyl/N-ethyl adjacent to an activating group) is 1. The predicted octanol–water partition coefficient (Wildman–Crippen LogP) is 2.97. The van der Waals surface area contributed by atoms with Crippen LogP contribution in [0.15, 0.2) is 54.6 Å². The van der Waals surface area contributed by atoms with Gasteiger partial charge in [-0.15, -0.1) is 0 Å². The molecule has 0 aliphatic rings. The Hall–Kier alpha value is -2.82. The van der Waals surface area contributed by atoms with Crippen molar-refractivity contribution in [2.24, 2.45) is 0 Å². The van der Waals surface area contributed by atoms with Gasteiger partial charge in [0.05, 0.1) is 6.54 Å². The molecule has 5 nitrogen and oxygen atoms in total. The first-order chi connectivity index (χ1) is 12.8. The Morgan fingerprint density at radius 2 is 1.56 bits per heavy atom. The van der Waals surface area contributed by atoms with Crippen molar-refractivity contribution in [3.8, 4) is 0 Å². The summed E-state index contributed by atoms with van der Waals surface area (Å²) in [5, 5.41) is 5.49. The second-order valence-electron chi connectivity index (χ2n) is 7.62. The van der Waals surface area contributed by atoms with Crippen molar-refractivity contribution in [3.05, 3.63) is 65.7 Å². The SMILES string of the molecule is CN(CCNC(=O)CNC(=O)c1ccc(C(C)(C)C)cc1)c1ccccc1. The zero-order chi connectivity index (χ0) is 19.9. The van der Waals surface area contributed by atoms with Gasteiger partial charge >= 0.3 is 0 Å². The summed E-state index contributed by atoms with van der Waals surface area (Å²) in [6.45, 7) is 7.55. The van der Waals surface area contributed by atoms with Gasteiger partial charge in [-0.3, -0.25) is 9.59 Å². The molecule has 0 saturated carbocycles. The van der Waals surface area contributed by atoms with Crippen LogP contribution in [0.1, 0.15) is 36.7 Å². The number of carbonyl (C=O) groups is 2. The molecule has 0 bridgehead atoms. The Morgan fingerprint density at radius 1 is 0.926 bits per heavy atom. The fourth-order valence-corrected chi connectivity index (χ4v) is 2.62. The van der Waals surface area contributed by atoms with E-state index in [0.717, 1.165) is 5.69 Å². The molecule has 0 spiro atoms. The number of anilines is 1. The third-order valence-corrected chi connectivity index (χ3v) is 4.39. The van der Waals surface area contributed by atoms with Crippen molar-refractivity contribution in [2.75, 3.05) is 31.6 Å². The summed E-state index contributed by atoms with van der Waals surface area (Å²) in [4.78, 5) is 26.2. The van der Waals surface area contributed by atoms with Crippen LogP contribution in [-0.2, 0) is 10.2 Å². The van der Waals surface area contributed by atoms with Crippen LogP contribution in [0.25, 0.3) is 0 Å². The van der Waals surface area contributed by atoms with Crippen LogP contribution in [-0.4, -0.2) is 38.5 Å². The summed E-state index contributed by atoms with van der Waals surface area (Å²) in [6, 6.07) is 17.5. The van der Waals surface area contributed by atoms with Crippen molar-refractivity contribution >= 4 is 17.5 Å². The second kappa shape index (κ2) is 9.21. The summed E-state index contributed by atoms with van der Waals surface area (Å²) in [5.41, 5.74) is 2.86. The number of para-hydroxylation sites is 1. The minimum Gasteiger partial charge on any atom is -0.373 e. The fraction of sp³-hybridized carbons (Fsp3) is 0.364. The molecular weight excluding hydrogens is 338 g/mol. The lowest BCUT2D eigenvalue weighted by Crippen LogP contribution is -2.40. The van der Waals surface area contributed by atoms with Gasteiger partial charge in [0.1, 0.15) is 0 Å². The first kappa shape index (κ1) is 20.5. The van der Waals surface area contributed by atoms with Crippen molar-refractivity contribution in [2.45, 2.75) is 26.2 Å². The Morgan fingerprint density at radius 3 is 2.15 bits per heavy atom. The summed E-state index contributed by atoms with van der Waals surface area (Å²) < 4.78 is 0. The molecule has 144 valence electrons. The molecule has 0 aliphatic carbocycles. The fourth-order valence-electron chi connectivity index (χ4n) is 2.62. The minimum absolute atomic E-state index is 0.0328. The molecular formula is C22H29N3O2. The van der Waals surface area contributed by atoms with Crippen LogP contribution < -0.4 is 15.5 Å². The molecule has 2 aromatic carbocycles. The van der Waals surface area contributed by atoms with Gasteiger partial charge in [0.15, 0.2) is 0 Å². The van der Waals surface area contributed by atoms with E-state index in [9.17, 15) is 9.59 Å². The highest BCUT2D eigenvalue weighted by molar-refractivity contribution is 5.96. The molecule has 0 heterocycles. The lowest BCUT2D eigenvalue weighted by atomic mass is 9.87. The van der Waals surface area contributed by atoms with Crippen LogP contribution >= 0.6 is 0 Å². The molecule has 2 rings (SSSR count). The maximum absolute atomic E-state index is 12.2. The molecule has 2 amide bonds. The molecule has 0 atom stereocenters. The number of hydrogen-bond donors (Lipinski definition) is 2. The molecule has 0 aliphatic heterocycles. The second-order valence-corrected chi connectivity index (χ2v) is 7.62. The molecule has 0 saturated heterocycles. The number of nitrogens with one attached hydrogen (secondary N) is 2. The number of carbonyl (C=O) groups excluding carboxylic acids is 2. The van der Waals surface area contributed by atoms with Gasteiger partial charge in [0.2, 0.25) is 5.91 Å². The minimum atomic E-state index is -0.244. The molecule has 0 unspecified atom stereocenters. The quantitative estimate of drug-likeness (QED) is 0.791. The Kier molecular flexibility index (Phi) is 6.99. The van der Waals surface area contributed by atoms with Crippen LogP contribution in [0.2, 0.25) is 0 Å². The van der Waals surface area contributed by atoms with Gasteiger partial charge in [0, 0.05) is 31.4 Å². The smallest absolute Gasteiger partial charge is 0.251 e. The topological polar surface area (TPSA) is 61.4 Å². The highest BCUT2D eigenvalue weighted by Gasteiger charge is 2.14. The maximum atomic E-state index is 12.2. The first-order valence-electron chi connectivity index (χ1n) is 9.19. The lowest BCUT2D eigenvalue weighted by molar-refractivity contribution is -0.120. The maximum Gasteiger partial charge on any atom is 0.251 e. The molecule has 0 aromatic heterocycles. The highest BCUT2D eigenvalue weighted by atomic mass is 16.2. The van der Waals surface area contributed by atoms with Crippen LogP contribution in [0.5, 0.6) is 0 Å². The van der Waals surface area contributed by atoms with E-state index >= 15 is 0 Å². The van der Waals surface area contributed by atoms with Crippen LogP contribution in [0.4, 0.5) is 5.69 Å². The number of benzene rings is 2. The number of hydrogen-bond acceptors (Lipinski definition) is 3. The average Bonchev–Trinajstić information content (AvgIpc) is 2.66.